The van der Waals surface area contributed by atoms with Crippen molar-refractivity contribution in [2.24, 2.45) is 0 Å². The molecule has 0 unspecified atom stereocenters. The van der Waals surface area contributed by atoms with Gasteiger partial charge in [0.25, 0.3) is 0 Å². The molecule has 1 saturated carbocycles. The van der Waals surface area contributed by atoms with E-state index in [1.807, 2.05) is 24.3 Å². The van der Waals surface area contributed by atoms with E-state index in [0.717, 1.165) is 37.0 Å². The van der Waals surface area contributed by atoms with Gasteiger partial charge in [0.15, 0.2) is 0 Å². The number of methoxy groups -OCH3 is 1. The van der Waals surface area contributed by atoms with Crippen LogP contribution in [0.25, 0.3) is 0 Å². The molecule has 19 heavy (non-hydrogen) atoms. The summed E-state index contributed by atoms with van der Waals surface area (Å²) in [5.41, 5.74) is 0.526. The fourth-order valence-electron chi connectivity index (χ4n) is 2.68. The maximum absolute atomic E-state index is 12.1. The highest BCUT2D eigenvalue weighted by molar-refractivity contribution is 5.79. The molecule has 1 aromatic carbocycles. The van der Waals surface area contributed by atoms with Crippen molar-refractivity contribution in [2.75, 3.05) is 13.7 Å². The Bertz CT molecular complexity index is 439. The van der Waals surface area contributed by atoms with Gasteiger partial charge in [-0.3, -0.25) is 4.79 Å². The Balaban J connectivity index is 1.96. The number of nitrogens with one attached hydrogen (secondary N) is 1. The van der Waals surface area contributed by atoms with Crippen LogP contribution < -0.4 is 10.1 Å². The number of rotatable bonds is 5. The first kappa shape index (κ1) is 13.9. The summed E-state index contributed by atoms with van der Waals surface area (Å²) >= 11 is 0. The molecule has 1 aliphatic rings. The molecule has 0 atom stereocenters. The third-order valence-corrected chi connectivity index (χ3v) is 3.77. The number of aliphatic hydroxyl groups is 1. The van der Waals surface area contributed by atoms with E-state index >= 15 is 0 Å². The summed E-state index contributed by atoms with van der Waals surface area (Å²) in [6.45, 7) is 0.0247. The lowest BCUT2D eigenvalue weighted by Crippen LogP contribution is -2.49. The van der Waals surface area contributed by atoms with Crippen molar-refractivity contribution in [3.8, 4) is 5.75 Å². The third-order valence-electron chi connectivity index (χ3n) is 3.77. The zero-order valence-corrected chi connectivity index (χ0v) is 11.3. The average molecular weight is 263 g/mol. The molecule has 0 radical (unpaired) electrons. The number of hydrogen-bond donors (Lipinski definition) is 2. The van der Waals surface area contributed by atoms with Crippen molar-refractivity contribution in [1.82, 2.24) is 5.32 Å². The summed E-state index contributed by atoms with van der Waals surface area (Å²) in [6, 6.07) is 7.49. The van der Waals surface area contributed by atoms with Crippen molar-refractivity contribution < 1.29 is 14.6 Å². The number of aliphatic hydroxyl groups excluding tert-OH is 1. The summed E-state index contributed by atoms with van der Waals surface area (Å²) < 4.78 is 5.14. The van der Waals surface area contributed by atoms with E-state index in [4.69, 9.17) is 4.74 Å². The maximum atomic E-state index is 12.1. The highest BCUT2D eigenvalue weighted by atomic mass is 16.5. The van der Waals surface area contributed by atoms with Crippen LogP contribution in [0.4, 0.5) is 0 Å². The predicted octanol–water partition coefficient (Wildman–Crippen LogP) is 1.66. The minimum atomic E-state index is -0.393. The first-order chi connectivity index (χ1) is 9.17. The standard InChI is InChI=1S/C15H21NO3/c1-19-13-6-4-5-12(9-13)10-14(18)16-15(11-17)7-2-3-8-15/h4-6,9,17H,2-3,7-8,10-11H2,1H3,(H,16,18). The van der Waals surface area contributed by atoms with Crippen LogP contribution in [0.5, 0.6) is 5.75 Å². The van der Waals surface area contributed by atoms with Crippen molar-refractivity contribution in [3.05, 3.63) is 29.8 Å². The van der Waals surface area contributed by atoms with Crippen LogP contribution in [0, 0.1) is 0 Å². The molecule has 4 nitrogen and oxygen atoms in total. The second-order valence-electron chi connectivity index (χ2n) is 5.22. The number of benzene rings is 1. The van der Waals surface area contributed by atoms with Gasteiger partial charge in [0, 0.05) is 0 Å². The molecule has 1 aromatic rings. The quantitative estimate of drug-likeness (QED) is 0.849. The Morgan fingerprint density at radius 1 is 1.42 bits per heavy atom. The lowest BCUT2D eigenvalue weighted by atomic mass is 9.98. The molecular weight excluding hydrogens is 242 g/mol. The SMILES string of the molecule is COc1cccc(CC(=O)NC2(CO)CCCC2)c1. The average Bonchev–Trinajstić information content (AvgIpc) is 2.88. The minimum Gasteiger partial charge on any atom is -0.497 e. The van der Waals surface area contributed by atoms with Gasteiger partial charge in [-0.2, -0.15) is 0 Å². The van der Waals surface area contributed by atoms with Gasteiger partial charge in [0.1, 0.15) is 5.75 Å². The summed E-state index contributed by atoms with van der Waals surface area (Å²) in [5, 5.41) is 12.5. The normalized spacial score (nSPS) is 17.2. The molecule has 4 heteroatoms. The summed E-state index contributed by atoms with van der Waals surface area (Å²) in [4.78, 5) is 12.1. The summed E-state index contributed by atoms with van der Waals surface area (Å²) in [6.07, 6.45) is 4.19. The molecule has 0 bridgehead atoms. The highest BCUT2D eigenvalue weighted by Gasteiger charge is 2.34. The van der Waals surface area contributed by atoms with Crippen LogP contribution in [0.1, 0.15) is 31.2 Å². The first-order valence-electron chi connectivity index (χ1n) is 6.72. The van der Waals surface area contributed by atoms with Gasteiger partial charge < -0.3 is 15.2 Å². The predicted molar refractivity (Wildman–Crippen MR) is 73.1 cm³/mol. The van der Waals surface area contributed by atoms with E-state index in [0.29, 0.717) is 6.42 Å². The topological polar surface area (TPSA) is 58.6 Å². The van der Waals surface area contributed by atoms with Gasteiger partial charge in [-0.15, -0.1) is 0 Å². The number of amides is 1. The lowest BCUT2D eigenvalue weighted by molar-refractivity contribution is -0.122. The van der Waals surface area contributed by atoms with Crippen LogP contribution in [-0.2, 0) is 11.2 Å². The third kappa shape index (κ3) is 3.47. The van der Waals surface area contributed by atoms with E-state index < -0.39 is 5.54 Å². The Morgan fingerprint density at radius 3 is 2.79 bits per heavy atom. The Morgan fingerprint density at radius 2 is 2.16 bits per heavy atom. The largest absolute Gasteiger partial charge is 0.497 e. The zero-order chi connectivity index (χ0) is 13.7. The molecule has 0 spiro atoms. The van der Waals surface area contributed by atoms with Crippen molar-refractivity contribution in [1.29, 1.82) is 0 Å². The van der Waals surface area contributed by atoms with Crippen molar-refractivity contribution >= 4 is 5.91 Å². The van der Waals surface area contributed by atoms with Crippen LogP contribution in [-0.4, -0.2) is 30.3 Å². The zero-order valence-electron chi connectivity index (χ0n) is 11.3. The van der Waals surface area contributed by atoms with Gasteiger partial charge in [-0.05, 0) is 30.5 Å². The molecule has 1 fully saturated rings. The van der Waals surface area contributed by atoms with Gasteiger partial charge in [-0.1, -0.05) is 25.0 Å². The van der Waals surface area contributed by atoms with Crippen LogP contribution in [0.2, 0.25) is 0 Å². The second kappa shape index (κ2) is 6.06. The lowest BCUT2D eigenvalue weighted by Gasteiger charge is -2.28. The molecule has 104 valence electrons. The Labute approximate surface area is 113 Å². The van der Waals surface area contributed by atoms with Crippen molar-refractivity contribution in [2.45, 2.75) is 37.6 Å². The molecule has 0 heterocycles. The van der Waals surface area contributed by atoms with E-state index in [2.05, 4.69) is 5.32 Å². The Hall–Kier alpha value is -1.55. The Kier molecular flexibility index (Phi) is 4.43. The van der Waals surface area contributed by atoms with Gasteiger partial charge in [0.2, 0.25) is 5.91 Å². The van der Waals surface area contributed by atoms with Crippen molar-refractivity contribution in [3.63, 3.8) is 0 Å². The molecule has 0 aromatic heterocycles. The number of carbonyl (C=O) groups is 1. The molecule has 2 rings (SSSR count). The van der Waals surface area contributed by atoms with Gasteiger partial charge in [0.05, 0.1) is 25.7 Å². The van der Waals surface area contributed by atoms with E-state index in [1.54, 1.807) is 7.11 Å². The molecule has 1 aliphatic carbocycles. The monoisotopic (exact) mass is 263 g/mol. The summed E-state index contributed by atoms with van der Waals surface area (Å²) in [5.74, 6) is 0.715. The van der Waals surface area contributed by atoms with E-state index in [9.17, 15) is 9.90 Å². The fraction of sp³-hybridized carbons (Fsp3) is 0.533. The van der Waals surface area contributed by atoms with E-state index in [-0.39, 0.29) is 12.5 Å². The highest BCUT2D eigenvalue weighted by Crippen LogP contribution is 2.29. The molecule has 0 aliphatic heterocycles. The van der Waals surface area contributed by atoms with E-state index in [1.165, 1.54) is 0 Å². The van der Waals surface area contributed by atoms with Crippen LogP contribution >= 0.6 is 0 Å². The van der Waals surface area contributed by atoms with Crippen LogP contribution in [0.3, 0.4) is 0 Å². The first-order valence-corrected chi connectivity index (χ1v) is 6.72. The number of ether oxygens (including phenoxy) is 1. The number of hydrogen-bond acceptors (Lipinski definition) is 3. The van der Waals surface area contributed by atoms with Gasteiger partial charge in [-0.25, -0.2) is 0 Å². The molecule has 1 amide bonds. The van der Waals surface area contributed by atoms with Crippen LogP contribution in [0.15, 0.2) is 24.3 Å². The minimum absolute atomic E-state index is 0.0247. The smallest absolute Gasteiger partial charge is 0.224 e. The molecule has 0 saturated heterocycles. The molecule has 2 N–H and O–H groups in total. The maximum Gasteiger partial charge on any atom is 0.224 e. The fourth-order valence-corrected chi connectivity index (χ4v) is 2.68. The van der Waals surface area contributed by atoms with Gasteiger partial charge >= 0.3 is 0 Å². The molecular formula is C15H21NO3. The number of carbonyl (C=O) groups excluding carboxylic acids is 1. The summed E-state index contributed by atoms with van der Waals surface area (Å²) in [7, 11) is 1.61. The second-order valence-corrected chi connectivity index (χ2v) is 5.22.